The van der Waals surface area contributed by atoms with Crippen LogP contribution < -0.4 is 10.6 Å². The second-order valence-electron chi connectivity index (χ2n) is 4.07. The Bertz CT molecular complexity index is 549. The highest BCUT2D eigenvalue weighted by Gasteiger charge is 2.04. The summed E-state index contributed by atoms with van der Waals surface area (Å²) in [7, 11) is -1.34. The molecule has 0 aliphatic rings. The minimum atomic E-state index is -2.97. The lowest BCUT2D eigenvalue weighted by Crippen LogP contribution is -2.39. The first-order valence-electron chi connectivity index (χ1n) is 5.78. The van der Waals surface area contributed by atoms with Crippen LogP contribution in [0.2, 0.25) is 5.02 Å². The number of hydrogen-bond donors (Lipinski definition) is 2. The van der Waals surface area contributed by atoms with Crippen molar-refractivity contribution in [2.75, 3.05) is 25.6 Å². The molecule has 0 saturated heterocycles. The summed E-state index contributed by atoms with van der Waals surface area (Å²) in [4.78, 5) is 4.01. The molecular weight excluding hydrogens is 413 g/mol. The van der Waals surface area contributed by atoms with E-state index in [0.29, 0.717) is 24.1 Å². The van der Waals surface area contributed by atoms with Gasteiger partial charge in [0.2, 0.25) is 0 Å². The second-order valence-corrected chi connectivity index (χ2v) is 6.74. The summed E-state index contributed by atoms with van der Waals surface area (Å²) in [5.41, 5.74) is 0.954. The number of guanidine groups is 1. The molecule has 1 aromatic rings. The lowest BCUT2D eigenvalue weighted by atomic mass is 10.2. The Morgan fingerprint density at radius 1 is 1.30 bits per heavy atom. The van der Waals surface area contributed by atoms with Crippen molar-refractivity contribution >= 4 is 51.4 Å². The van der Waals surface area contributed by atoms with Crippen LogP contribution in [0.3, 0.4) is 0 Å². The van der Waals surface area contributed by atoms with E-state index in [-0.39, 0.29) is 29.7 Å². The molecule has 0 aliphatic carbocycles. The number of hydrogen-bond acceptors (Lipinski definition) is 3. The zero-order chi connectivity index (χ0) is 14.3. The quantitative estimate of drug-likeness (QED) is 0.423. The Morgan fingerprint density at radius 2 is 1.95 bits per heavy atom. The molecule has 0 spiro atoms. The van der Waals surface area contributed by atoms with Crippen LogP contribution in [0.25, 0.3) is 0 Å². The lowest BCUT2D eigenvalue weighted by molar-refractivity contribution is 0.600. The van der Waals surface area contributed by atoms with E-state index in [1.165, 1.54) is 6.26 Å². The zero-order valence-electron chi connectivity index (χ0n) is 11.4. The van der Waals surface area contributed by atoms with Gasteiger partial charge in [-0.2, -0.15) is 0 Å². The van der Waals surface area contributed by atoms with Crippen LogP contribution >= 0.6 is 35.6 Å². The normalized spacial score (nSPS) is 11.7. The summed E-state index contributed by atoms with van der Waals surface area (Å²) in [6.45, 7) is 0.846. The first-order chi connectivity index (χ1) is 8.92. The van der Waals surface area contributed by atoms with Gasteiger partial charge in [0.1, 0.15) is 9.84 Å². The molecule has 0 saturated carbocycles. The van der Waals surface area contributed by atoms with Gasteiger partial charge < -0.3 is 10.6 Å². The second kappa shape index (κ2) is 9.41. The topological polar surface area (TPSA) is 70.6 Å². The zero-order valence-corrected chi connectivity index (χ0v) is 15.3. The molecule has 0 atom stereocenters. The van der Waals surface area contributed by atoms with Crippen molar-refractivity contribution in [3.63, 3.8) is 0 Å². The minimum absolute atomic E-state index is 0. The highest BCUT2D eigenvalue weighted by molar-refractivity contribution is 14.0. The Balaban J connectivity index is 0.00000361. The number of sulfone groups is 1. The van der Waals surface area contributed by atoms with Crippen LogP contribution in [0.5, 0.6) is 0 Å². The molecular formula is C12H19ClIN3O2S. The summed E-state index contributed by atoms with van der Waals surface area (Å²) in [5, 5.41) is 6.69. The van der Waals surface area contributed by atoms with Gasteiger partial charge in [0.15, 0.2) is 5.96 Å². The molecule has 5 nitrogen and oxygen atoms in total. The lowest BCUT2D eigenvalue weighted by Gasteiger charge is -2.12. The van der Waals surface area contributed by atoms with Gasteiger partial charge in [0.05, 0.1) is 5.75 Å². The van der Waals surface area contributed by atoms with Gasteiger partial charge in [0.25, 0.3) is 0 Å². The third-order valence-corrected chi connectivity index (χ3v) is 3.71. The van der Waals surface area contributed by atoms with Crippen LogP contribution in [-0.4, -0.2) is 40.0 Å². The van der Waals surface area contributed by atoms with Gasteiger partial charge in [0, 0.05) is 31.4 Å². The van der Waals surface area contributed by atoms with E-state index in [4.69, 9.17) is 11.6 Å². The predicted octanol–water partition coefficient (Wildman–Crippen LogP) is 1.67. The molecule has 20 heavy (non-hydrogen) atoms. The van der Waals surface area contributed by atoms with Crippen LogP contribution in [-0.2, 0) is 16.4 Å². The Hall–Kier alpha value is -0.540. The maximum absolute atomic E-state index is 11.0. The van der Waals surface area contributed by atoms with Crippen molar-refractivity contribution in [3.05, 3.63) is 34.9 Å². The molecule has 8 heteroatoms. The molecule has 0 fully saturated rings. The van der Waals surface area contributed by atoms with Crippen molar-refractivity contribution in [1.29, 1.82) is 0 Å². The largest absolute Gasteiger partial charge is 0.355 e. The van der Waals surface area contributed by atoms with Gasteiger partial charge >= 0.3 is 0 Å². The van der Waals surface area contributed by atoms with Crippen LogP contribution in [0.1, 0.15) is 5.56 Å². The van der Waals surface area contributed by atoms with Crippen LogP contribution in [0.15, 0.2) is 29.3 Å². The fourth-order valence-electron chi connectivity index (χ4n) is 1.40. The predicted molar refractivity (Wildman–Crippen MR) is 94.8 cm³/mol. The first kappa shape index (κ1) is 19.5. The van der Waals surface area contributed by atoms with E-state index in [0.717, 1.165) is 5.56 Å². The van der Waals surface area contributed by atoms with Gasteiger partial charge in [-0.25, -0.2) is 8.42 Å². The average molecular weight is 432 g/mol. The molecule has 2 N–H and O–H groups in total. The summed E-state index contributed by atoms with van der Waals surface area (Å²) >= 11 is 6.04. The molecule has 0 radical (unpaired) electrons. The number of halogens is 2. The minimum Gasteiger partial charge on any atom is -0.355 e. The van der Waals surface area contributed by atoms with E-state index in [9.17, 15) is 8.42 Å². The van der Waals surface area contributed by atoms with Crippen molar-refractivity contribution in [2.45, 2.75) is 6.54 Å². The number of aliphatic imine (C=N–C) groups is 1. The third-order valence-electron chi connectivity index (χ3n) is 2.39. The molecule has 0 aliphatic heterocycles. The summed E-state index contributed by atoms with van der Waals surface area (Å²) in [5.74, 6) is 0.614. The van der Waals surface area contributed by atoms with E-state index in [1.54, 1.807) is 7.05 Å². The number of nitrogens with zero attached hydrogens (tertiary/aromatic N) is 1. The highest BCUT2D eigenvalue weighted by atomic mass is 127. The summed E-state index contributed by atoms with van der Waals surface area (Å²) in [6, 6.07) is 7.51. The highest BCUT2D eigenvalue weighted by Crippen LogP contribution is 2.13. The monoisotopic (exact) mass is 431 g/mol. The van der Waals surface area contributed by atoms with Gasteiger partial charge in [-0.1, -0.05) is 29.8 Å². The fraction of sp³-hybridized carbons (Fsp3) is 0.417. The van der Waals surface area contributed by atoms with Crippen molar-refractivity contribution in [2.24, 2.45) is 4.99 Å². The molecule has 0 unspecified atom stereocenters. The van der Waals surface area contributed by atoms with Crippen molar-refractivity contribution in [3.8, 4) is 0 Å². The first-order valence-corrected chi connectivity index (χ1v) is 8.22. The molecule has 1 rings (SSSR count). The molecule has 0 aromatic heterocycles. The Kier molecular flexibility index (Phi) is 9.15. The van der Waals surface area contributed by atoms with Gasteiger partial charge in [-0.3, -0.25) is 4.99 Å². The molecule has 0 amide bonds. The van der Waals surface area contributed by atoms with Gasteiger partial charge in [-0.05, 0) is 11.6 Å². The number of nitrogens with one attached hydrogen (secondary N) is 2. The van der Waals surface area contributed by atoms with E-state index >= 15 is 0 Å². The molecule has 0 bridgehead atoms. The van der Waals surface area contributed by atoms with Crippen molar-refractivity contribution in [1.82, 2.24) is 10.6 Å². The van der Waals surface area contributed by atoms with E-state index in [1.807, 2.05) is 24.3 Å². The number of benzene rings is 1. The van der Waals surface area contributed by atoms with Crippen LogP contribution in [0, 0.1) is 0 Å². The average Bonchev–Trinajstić information content (AvgIpc) is 2.34. The Labute approximate surface area is 142 Å². The third kappa shape index (κ3) is 7.91. The molecule has 114 valence electrons. The maximum atomic E-state index is 11.0. The Morgan fingerprint density at radius 3 is 2.50 bits per heavy atom. The van der Waals surface area contributed by atoms with Crippen LogP contribution in [0.4, 0.5) is 0 Å². The molecule has 0 heterocycles. The number of rotatable bonds is 5. The van der Waals surface area contributed by atoms with Crippen molar-refractivity contribution < 1.29 is 8.42 Å². The smallest absolute Gasteiger partial charge is 0.191 e. The molecule has 1 aromatic carbocycles. The van der Waals surface area contributed by atoms with E-state index < -0.39 is 9.84 Å². The van der Waals surface area contributed by atoms with E-state index in [2.05, 4.69) is 15.6 Å². The fourth-order valence-corrected chi connectivity index (χ4v) is 2.07. The maximum Gasteiger partial charge on any atom is 0.191 e. The SMILES string of the molecule is CN=C(NCCS(C)(=O)=O)NCc1ccccc1Cl.I. The van der Waals surface area contributed by atoms with Gasteiger partial charge in [-0.15, -0.1) is 24.0 Å². The standard InChI is InChI=1S/C12H18ClN3O2S.HI/c1-14-12(15-7-8-19(2,17)18)16-9-10-5-3-4-6-11(10)13;/h3-6H,7-9H2,1-2H3,(H2,14,15,16);1H. The summed E-state index contributed by atoms with van der Waals surface area (Å²) in [6.07, 6.45) is 1.20. The summed E-state index contributed by atoms with van der Waals surface area (Å²) < 4.78 is 22.0.